The van der Waals surface area contributed by atoms with Crippen molar-refractivity contribution in [3.63, 3.8) is 0 Å². The lowest BCUT2D eigenvalue weighted by Gasteiger charge is -2.38. The van der Waals surface area contributed by atoms with Crippen LogP contribution in [0.3, 0.4) is 0 Å². The van der Waals surface area contributed by atoms with Crippen LogP contribution in [0.5, 0.6) is 0 Å². The summed E-state index contributed by atoms with van der Waals surface area (Å²) in [6.45, 7) is 7.97. The van der Waals surface area contributed by atoms with E-state index < -0.39 is 0 Å². The maximum atomic E-state index is 13.6. The first-order valence-corrected chi connectivity index (χ1v) is 7.67. The minimum atomic E-state index is -0.338. The first kappa shape index (κ1) is 14.7. The summed E-state index contributed by atoms with van der Waals surface area (Å²) in [6, 6.07) is 11.5. The third kappa shape index (κ3) is 2.73. The number of hydrogen-bond donors (Lipinski definition) is 1. The lowest BCUT2D eigenvalue weighted by atomic mass is 10.1. The molecule has 0 atom stereocenters. The van der Waals surface area contributed by atoms with Crippen molar-refractivity contribution in [3.05, 3.63) is 53.3 Å². The number of anilines is 3. The van der Waals surface area contributed by atoms with Gasteiger partial charge in [-0.25, -0.2) is 4.39 Å². The number of nitrogens with zero attached hydrogens (tertiary/aromatic N) is 2. The van der Waals surface area contributed by atoms with Crippen molar-refractivity contribution in [2.75, 3.05) is 41.7 Å². The van der Waals surface area contributed by atoms with Gasteiger partial charge in [-0.1, -0.05) is 12.1 Å². The Morgan fingerprint density at radius 3 is 2.32 bits per heavy atom. The largest absolute Gasteiger partial charge is 0.396 e. The minimum Gasteiger partial charge on any atom is -0.396 e. The normalized spacial score (nSPS) is 15.2. The fourth-order valence-corrected chi connectivity index (χ4v) is 3.00. The lowest BCUT2D eigenvalue weighted by molar-refractivity contribution is 0.624. The Balaban J connectivity index is 1.72. The molecule has 1 fully saturated rings. The second-order valence-corrected chi connectivity index (χ2v) is 5.90. The van der Waals surface area contributed by atoms with Gasteiger partial charge in [-0.15, -0.1) is 0 Å². The molecule has 1 heterocycles. The van der Waals surface area contributed by atoms with Crippen LogP contribution in [0.15, 0.2) is 36.4 Å². The zero-order chi connectivity index (χ0) is 15.7. The molecule has 2 aromatic carbocycles. The van der Waals surface area contributed by atoms with Crippen molar-refractivity contribution in [1.29, 1.82) is 0 Å². The van der Waals surface area contributed by atoms with E-state index in [0.29, 0.717) is 0 Å². The van der Waals surface area contributed by atoms with Gasteiger partial charge in [0.2, 0.25) is 0 Å². The van der Waals surface area contributed by atoms with Crippen molar-refractivity contribution in [2.24, 2.45) is 0 Å². The van der Waals surface area contributed by atoms with E-state index in [1.165, 1.54) is 22.9 Å². The summed E-state index contributed by atoms with van der Waals surface area (Å²) >= 11 is 0. The predicted octanol–water partition coefficient (Wildman–Crippen LogP) is 3.35. The van der Waals surface area contributed by atoms with Gasteiger partial charge in [0.25, 0.3) is 0 Å². The Bertz CT molecular complexity index is 676. The summed E-state index contributed by atoms with van der Waals surface area (Å²) in [5.41, 5.74) is 10.6. The number of nitrogens with two attached hydrogens (primary N) is 1. The summed E-state index contributed by atoms with van der Waals surface area (Å²) in [5, 5.41) is 0. The number of halogens is 1. The average Bonchev–Trinajstić information content (AvgIpc) is 2.53. The molecule has 0 radical (unpaired) electrons. The van der Waals surface area contributed by atoms with Gasteiger partial charge in [-0.2, -0.15) is 0 Å². The Morgan fingerprint density at radius 2 is 1.64 bits per heavy atom. The lowest BCUT2D eigenvalue weighted by Crippen LogP contribution is -2.46. The zero-order valence-corrected chi connectivity index (χ0v) is 13.1. The van der Waals surface area contributed by atoms with Crippen LogP contribution in [0, 0.1) is 19.7 Å². The molecule has 3 rings (SSSR count). The first-order valence-electron chi connectivity index (χ1n) is 7.67. The number of benzene rings is 2. The van der Waals surface area contributed by atoms with Crippen LogP contribution < -0.4 is 15.5 Å². The van der Waals surface area contributed by atoms with Crippen molar-refractivity contribution in [2.45, 2.75) is 13.8 Å². The van der Waals surface area contributed by atoms with Gasteiger partial charge in [0, 0.05) is 37.6 Å². The van der Waals surface area contributed by atoms with Gasteiger partial charge >= 0.3 is 0 Å². The summed E-state index contributed by atoms with van der Waals surface area (Å²) in [7, 11) is 0. The molecule has 4 heteroatoms. The molecule has 0 unspecified atom stereocenters. The van der Waals surface area contributed by atoms with E-state index in [1.54, 1.807) is 6.07 Å². The van der Waals surface area contributed by atoms with Crippen LogP contribution in [0.2, 0.25) is 0 Å². The second kappa shape index (κ2) is 5.87. The smallest absolute Gasteiger partial charge is 0.148 e. The topological polar surface area (TPSA) is 32.5 Å². The van der Waals surface area contributed by atoms with Gasteiger partial charge in [-0.3, -0.25) is 0 Å². The molecule has 1 aliphatic rings. The van der Waals surface area contributed by atoms with Crippen LogP contribution in [0.4, 0.5) is 21.5 Å². The second-order valence-electron chi connectivity index (χ2n) is 5.90. The molecule has 0 saturated carbocycles. The minimum absolute atomic E-state index is 0.206. The van der Waals surface area contributed by atoms with Gasteiger partial charge in [0.1, 0.15) is 5.82 Å². The van der Waals surface area contributed by atoms with Crippen molar-refractivity contribution >= 4 is 17.1 Å². The molecule has 1 aliphatic heterocycles. The van der Waals surface area contributed by atoms with Crippen molar-refractivity contribution in [3.8, 4) is 0 Å². The molecule has 116 valence electrons. The fraction of sp³-hybridized carbons (Fsp3) is 0.333. The van der Waals surface area contributed by atoms with E-state index in [1.807, 2.05) is 6.07 Å². The molecule has 0 bridgehead atoms. The highest BCUT2D eigenvalue weighted by Gasteiger charge is 2.19. The summed E-state index contributed by atoms with van der Waals surface area (Å²) in [5.74, 6) is -0.338. The summed E-state index contributed by atoms with van der Waals surface area (Å²) in [6.07, 6.45) is 0. The molecule has 0 aromatic heterocycles. The Kier molecular flexibility index (Phi) is 3.92. The molecule has 2 N–H and O–H groups in total. The van der Waals surface area contributed by atoms with Crippen LogP contribution in [-0.4, -0.2) is 26.2 Å². The van der Waals surface area contributed by atoms with Gasteiger partial charge in [-0.05, 0) is 49.2 Å². The van der Waals surface area contributed by atoms with E-state index in [9.17, 15) is 4.39 Å². The summed E-state index contributed by atoms with van der Waals surface area (Å²) < 4.78 is 13.6. The third-order valence-electron chi connectivity index (χ3n) is 4.55. The van der Waals surface area contributed by atoms with Gasteiger partial charge in [0.15, 0.2) is 0 Å². The summed E-state index contributed by atoms with van der Waals surface area (Å²) in [4.78, 5) is 4.62. The molecule has 0 aliphatic carbocycles. The highest BCUT2D eigenvalue weighted by atomic mass is 19.1. The molecule has 0 amide bonds. The van der Waals surface area contributed by atoms with E-state index in [0.717, 1.165) is 31.9 Å². The number of rotatable bonds is 2. The first-order chi connectivity index (χ1) is 10.6. The van der Waals surface area contributed by atoms with Crippen LogP contribution >= 0.6 is 0 Å². The maximum absolute atomic E-state index is 13.6. The standard InChI is InChI=1S/C18H22FN3/c1-13-4-3-5-18(14(13)2)22-10-8-21(9-11-22)15-6-7-17(20)16(19)12-15/h3-7,12H,8-11,20H2,1-2H3. The van der Waals surface area contributed by atoms with Crippen LogP contribution in [-0.2, 0) is 0 Å². The van der Waals surface area contributed by atoms with Crippen molar-refractivity contribution in [1.82, 2.24) is 0 Å². The number of nitrogen functional groups attached to an aromatic ring is 1. The third-order valence-corrected chi connectivity index (χ3v) is 4.55. The van der Waals surface area contributed by atoms with Gasteiger partial charge < -0.3 is 15.5 Å². The fourth-order valence-electron chi connectivity index (χ4n) is 3.00. The van der Waals surface area contributed by atoms with E-state index in [2.05, 4.69) is 41.8 Å². The molecular formula is C18H22FN3. The van der Waals surface area contributed by atoms with Gasteiger partial charge in [0.05, 0.1) is 5.69 Å². The SMILES string of the molecule is Cc1cccc(N2CCN(c3ccc(N)c(F)c3)CC2)c1C. The Morgan fingerprint density at radius 1 is 0.955 bits per heavy atom. The number of aryl methyl sites for hydroxylation is 1. The van der Waals surface area contributed by atoms with Crippen LogP contribution in [0.1, 0.15) is 11.1 Å². The number of hydrogen-bond acceptors (Lipinski definition) is 3. The molecule has 2 aromatic rings. The molecule has 1 saturated heterocycles. The highest BCUT2D eigenvalue weighted by molar-refractivity contribution is 5.59. The van der Waals surface area contributed by atoms with E-state index in [-0.39, 0.29) is 11.5 Å². The molecular weight excluding hydrogens is 277 g/mol. The monoisotopic (exact) mass is 299 g/mol. The molecule has 0 spiro atoms. The van der Waals surface area contributed by atoms with Crippen LogP contribution in [0.25, 0.3) is 0 Å². The average molecular weight is 299 g/mol. The van der Waals surface area contributed by atoms with Crippen molar-refractivity contribution < 1.29 is 4.39 Å². The zero-order valence-electron chi connectivity index (χ0n) is 13.1. The Labute approximate surface area is 131 Å². The van der Waals surface area contributed by atoms with E-state index in [4.69, 9.17) is 5.73 Å². The predicted molar refractivity (Wildman–Crippen MR) is 91.2 cm³/mol. The maximum Gasteiger partial charge on any atom is 0.148 e. The Hall–Kier alpha value is -2.23. The molecule has 22 heavy (non-hydrogen) atoms. The number of piperazine rings is 1. The highest BCUT2D eigenvalue weighted by Crippen LogP contribution is 2.26. The van der Waals surface area contributed by atoms with E-state index >= 15 is 0 Å². The quantitative estimate of drug-likeness (QED) is 0.863. The molecule has 3 nitrogen and oxygen atoms in total.